The molecule has 0 unspecified atom stereocenters. The molecule has 0 atom stereocenters. The van der Waals surface area contributed by atoms with E-state index in [1.165, 1.54) is 0 Å². The highest BCUT2D eigenvalue weighted by molar-refractivity contribution is 5.92. The summed E-state index contributed by atoms with van der Waals surface area (Å²) in [5, 5.41) is 9.85. The van der Waals surface area contributed by atoms with Crippen molar-refractivity contribution in [3.8, 4) is 0 Å². The Kier molecular flexibility index (Phi) is 3.73. The molecule has 0 fully saturated rings. The first kappa shape index (κ1) is 12.7. The van der Waals surface area contributed by atoms with E-state index in [2.05, 4.69) is 29.4 Å². The molecule has 0 aliphatic carbocycles. The summed E-state index contributed by atoms with van der Waals surface area (Å²) < 4.78 is 0. The van der Waals surface area contributed by atoms with E-state index in [1.54, 1.807) is 0 Å². The molecular formula is C12H21N3O. The molecular weight excluding hydrogens is 202 g/mol. The Bertz CT molecular complexity index is 366. The minimum atomic E-state index is -0.186. The van der Waals surface area contributed by atoms with Crippen LogP contribution in [0.1, 0.15) is 63.1 Å². The number of aromatic nitrogens is 2. The van der Waals surface area contributed by atoms with Gasteiger partial charge in [-0.3, -0.25) is 9.89 Å². The topological polar surface area (TPSA) is 57.8 Å². The van der Waals surface area contributed by atoms with Crippen molar-refractivity contribution in [2.75, 3.05) is 0 Å². The van der Waals surface area contributed by atoms with Gasteiger partial charge in [-0.05, 0) is 32.3 Å². The van der Waals surface area contributed by atoms with Gasteiger partial charge in [0.25, 0.3) is 5.91 Å². The fourth-order valence-corrected chi connectivity index (χ4v) is 1.21. The van der Waals surface area contributed by atoms with Gasteiger partial charge in [0.2, 0.25) is 0 Å². The number of H-pyrrole nitrogens is 1. The maximum absolute atomic E-state index is 11.9. The number of hydrogen-bond donors (Lipinski definition) is 2. The summed E-state index contributed by atoms with van der Waals surface area (Å²) >= 11 is 0. The van der Waals surface area contributed by atoms with Crippen molar-refractivity contribution in [1.82, 2.24) is 15.5 Å². The molecule has 0 saturated heterocycles. The van der Waals surface area contributed by atoms with Crippen LogP contribution in [0.2, 0.25) is 0 Å². The van der Waals surface area contributed by atoms with E-state index < -0.39 is 0 Å². The molecule has 1 aromatic heterocycles. The largest absolute Gasteiger partial charge is 0.346 e. The summed E-state index contributed by atoms with van der Waals surface area (Å²) in [6.07, 6.45) is 0.889. The van der Waals surface area contributed by atoms with E-state index in [9.17, 15) is 4.79 Å². The van der Waals surface area contributed by atoms with Crippen molar-refractivity contribution < 1.29 is 4.79 Å². The standard InChI is InChI=1S/C12H21N3O/c1-6-12(4,5)13-11(16)10-7-9(8(2)3)14-15-10/h7-8H,6H2,1-5H3,(H,13,16)(H,14,15). The molecule has 1 rings (SSSR count). The predicted molar refractivity (Wildman–Crippen MR) is 64.5 cm³/mol. The lowest BCUT2D eigenvalue weighted by Gasteiger charge is -2.23. The highest BCUT2D eigenvalue weighted by atomic mass is 16.2. The number of aromatic amines is 1. The summed E-state index contributed by atoms with van der Waals surface area (Å²) in [6, 6.07) is 1.81. The van der Waals surface area contributed by atoms with Crippen molar-refractivity contribution >= 4 is 5.91 Å². The monoisotopic (exact) mass is 223 g/mol. The summed E-state index contributed by atoms with van der Waals surface area (Å²) in [5.41, 5.74) is 1.26. The number of carbonyl (C=O) groups excluding carboxylic acids is 1. The summed E-state index contributed by atoms with van der Waals surface area (Å²) in [4.78, 5) is 11.9. The first-order chi connectivity index (χ1) is 7.35. The molecule has 1 heterocycles. The third kappa shape index (κ3) is 3.08. The molecule has 90 valence electrons. The smallest absolute Gasteiger partial charge is 0.272 e. The van der Waals surface area contributed by atoms with Crippen molar-refractivity contribution in [3.05, 3.63) is 17.5 Å². The second-order valence-corrected chi connectivity index (χ2v) is 5.05. The molecule has 4 nitrogen and oxygen atoms in total. The Balaban J connectivity index is 2.74. The van der Waals surface area contributed by atoms with Gasteiger partial charge in [0.15, 0.2) is 0 Å². The zero-order valence-electron chi connectivity index (χ0n) is 10.7. The lowest BCUT2D eigenvalue weighted by molar-refractivity contribution is 0.0906. The maximum atomic E-state index is 11.9. The number of amides is 1. The van der Waals surface area contributed by atoms with E-state index in [0.29, 0.717) is 11.6 Å². The van der Waals surface area contributed by atoms with Crippen LogP contribution >= 0.6 is 0 Å². The minimum absolute atomic E-state index is 0.116. The Morgan fingerprint density at radius 1 is 1.56 bits per heavy atom. The van der Waals surface area contributed by atoms with Crippen LogP contribution in [0.25, 0.3) is 0 Å². The van der Waals surface area contributed by atoms with Gasteiger partial charge in [0, 0.05) is 11.2 Å². The normalized spacial score (nSPS) is 11.9. The van der Waals surface area contributed by atoms with Crippen molar-refractivity contribution in [2.45, 2.75) is 52.5 Å². The SMILES string of the molecule is CCC(C)(C)NC(=O)c1cc(C(C)C)[nH]n1. The summed E-state index contributed by atoms with van der Waals surface area (Å²) in [7, 11) is 0. The van der Waals surface area contributed by atoms with Crippen LogP contribution in [0, 0.1) is 0 Å². The Morgan fingerprint density at radius 2 is 2.19 bits per heavy atom. The predicted octanol–water partition coefficient (Wildman–Crippen LogP) is 2.45. The van der Waals surface area contributed by atoms with Crippen LogP contribution in [0.15, 0.2) is 6.07 Å². The molecule has 1 aromatic rings. The second-order valence-electron chi connectivity index (χ2n) is 5.05. The molecule has 0 spiro atoms. The number of nitrogens with zero attached hydrogens (tertiary/aromatic N) is 1. The van der Waals surface area contributed by atoms with Crippen LogP contribution in [-0.4, -0.2) is 21.6 Å². The van der Waals surface area contributed by atoms with E-state index in [-0.39, 0.29) is 11.4 Å². The van der Waals surface area contributed by atoms with E-state index in [4.69, 9.17) is 0 Å². The number of nitrogens with one attached hydrogen (secondary N) is 2. The summed E-state index contributed by atoms with van der Waals surface area (Å²) in [5.74, 6) is 0.239. The zero-order chi connectivity index (χ0) is 12.3. The van der Waals surface area contributed by atoms with Gasteiger partial charge in [-0.2, -0.15) is 5.10 Å². The van der Waals surface area contributed by atoms with Crippen molar-refractivity contribution in [2.24, 2.45) is 0 Å². The quantitative estimate of drug-likeness (QED) is 0.823. The van der Waals surface area contributed by atoms with Crippen LogP contribution < -0.4 is 5.32 Å². The molecule has 0 aliphatic rings. The molecule has 0 radical (unpaired) electrons. The van der Waals surface area contributed by atoms with E-state index in [1.807, 2.05) is 26.8 Å². The molecule has 2 N–H and O–H groups in total. The third-order valence-corrected chi connectivity index (χ3v) is 2.79. The average Bonchev–Trinajstić information content (AvgIpc) is 2.66. The van der Waals surface area contributed by atoms with Gasteiger partial charge in [-0.15, -0.1) is 0 Å². The number of rotatable bonds is 4. The molecule has 16 heavy (non-hydrogen) atoms. The average molecular weight is 223 g/mol. The van der Waals surface area contributed by atoms with Gasteiger partial charge in [-0.1, -0.05) is 20.8 Å². The first-order valence-electron chi connectivity index (χ1n) is 5.73. The Labute approximate surface area is 96.8 Å². The van der Waals surface area contributed by atoms with Gasteiger partial charge < -0.3 is 5.32 Å². The van der Waals surface area contributed by atoms with Gasteiger partial charge in [0.05, 0.1) is 0 Å². The van der Waals surface area contributed by atoms with Crippen LogP contribution in [0.3, 0.4) is 0 Å². The van der Waals surface area contributed by atoms with Crippen molar-refractivity contribution in [3.63, 3.8) is 0 Å². The highest BCUT2D eigenvalue weighted by Gasteiger charge is 2.20. The Morgan fingerprint density at radius 3 is 2.62 bits per heavy atom. The molecule has 0 aliphatic heterocycles. The van der Waals surface area contributed by atoms with Crippen molar-refractivity contribution in [1.29, 1.82) is 0 Å². The van der Waals surface area contributed by atoms with E-state index >= 15 is 0 Å². The zero-order valence-corrected chi connectivity index (χ0v) is 10.7. The molecule has 0 saturated carbocycles. The maximum Gasteiger partial charge on any atom is 0.272 e. The fraction of sp³-hybridized carbons (Fsp3) is 0.667. The second kappa shape index (κ2) is 4.68. The van der Waals surface area contributed by atoms with Gasteiger partial charge in [-0.25, -0.2) is 0 Å². The van der Waals surface area contributed by atoms with Crippen LogP contribution in [-0.2, 0) is 0 Å². The van der Waals surface area contributed by atoms with Crippen LogP contribution in [0.4, 0.5) is 0 Å². The lowest BCUT2D eigenvalue weighted by atomic mass is 10.0. The Hall–Kier alpha value is -1.32. The number of carbonyl (C=O) groups is 1. The summed E-state index contributed by atoms with van der Waals surface area (Å²) in [6.45, 7) is 10.2. The van der Waals surface area contributed by atoms with E-state index in [0.717, 1.165) is 12.1 Å². The molecule has 4 heteroatoms. The fourth-order valence-electron chi connectivity index (χ4n) is 1.21. The minimum Gasteiger partial charge on any atom is -0.346 e. The van der Waals surface area contributed by atoms with Gasteiger partial charge >= 0.3 is 0 Å². The molecule has 1 amide bonds. The third-order valence-electron chi connectivity index (χ3n) is 2.79. The highest BCUT2D eigenvalue weighted by Crippen LogP contribution is 2.13. The lowest BCUT2D eigenvalue weighted by Crippen LogP contribution is -2.42. The van der Waals surface area contributed by atoms with Crippen LogP contribution in [0.5, 0.6) is 0 Å². The molecule has 0 aromatic carbocycles. The first-order valence-corrected chi connectivity index (χ1v) is 5.73. The number of hydrogen-bond acceptors (Lipinski definition) is 2. The van der Waals surface area contributed by atoms with Gasteiger partial charge in [0.1, 0.15) is 5.69 Å². The molecule has 0 bridgehead atoms.